The van der Waals surface area contributed by atoms with Crippen LogP contribution in [0, 0.1) is 0 Å². The average Bonchev–Trinajstić information content (AvgIpc) is 2.76. The molecule has 0 bridgehead atoms. The molecule has 0 radical (unpaired) electrons. The average molecular weight is 468 g/mol. The number of phenolic OH excluding ortho intramolecular Hbond substituents is 1. The van der Waals surface area contributed by atoms with Crippen molar-refractivity contribution < 1.29 is 9.90 Å². The normalized spacial score (nSPS) is 16.4. The molecule has 0 atom stereocenters. The summed E-state index contributed by atoms with van der Waals surface area (Å²) < 4.78 is 1.33. The summed E-state index contributed by atoms with van der Waals surface area (Å²) >= 11 is 12.1. The molecule has 1 heterocycles. The van der Waals surface area contributed by atoms with Crippen LogP contribution in [0.25, 0.3) is 6.08 Å². The molecule has 0 aliphatic carbocycles. The number of benzene rings is 2. The Morgan fingerprint density at radius 1 is 1.17 bits per heavy atom. The number of amides is 1. The number of thiocarbonyl (C=S) groups is 1. The van der Waals surface area contributed by atoms with Crippen molar-refractivity contribution in [2.45, 2.75) is 0 Å². The van der Waals surface area contributed by atoms with Crippen molar-refractivity contribution >= 4 is 66.9 Å². The van der Waals surface area contributed by atoms with Gasteiger partial charge in [-0.3, -0.25) is 9.69 Å². The van der Waals surface area contributed by atoms with Crippen LogP contribution in [-0.2, 0) is 4.79 Å². The van der Waals surface area contributed by atoms with Gasteiger partial charge in [-0.1, -0.05) is 34.1 Å². The van der Waals surface area contributed by atoms with Gasteiger partial charge in [0.15, 0.2) is 5.11 Å². The fourth-order valence-corrected chi connectivity index (χ4v) is 3.95. The molecule has 1 aliphatic rings. The van der Waals surface area contributed by atoms with Gasteiger partial charge in [-0.15, -0.1) is 0 Å². The Hall–Kier alpha value is -1.70. The molecule has 0 saturated carbocycles. The topological polar surface area (TPSA) is 43.8 Å². The Labute approximate surface area is 161 Å². The number of hydrogen-bond acceptors (Lipinski definition) is 3. The van der Waals surface area contributed by atoms with Crippen LogP contribution < -0.4 is 4.90 Å². The first-order valence-electron chi connectivity index (χ1n) is 6.97. The lowest BCUT2D eigenvalue weighted by molar-refractivity contribution is -0.114. The molecular formula is C17H12Br2N2O2S. The third kappa shape index (κ3) is 2.99. The predicted molar refractivity (Wildman–Crippen MR) is 106 cm³/mol. The van der Waals surface area contributed by atoms with E-state index < -0.39 is 0 Å². The summed E-state index contributed by atoms with van der Waals surface area (Å²) in [6, 6.07) is 12.7. The van der Waals surface area contributed by atoms with Gasteiger partial charge in [0.2, 0.25) is 0 Å². The maximum absolute atomic E-state index is 12.8. The maximum atomic E-state index is 12.8. The first-order valence-corrected chi connectivity index (χ1v) is 8.96. The first kappa shape index (κ1) is 17.1. The molecule has 1 amide bonds. The molecule has 24 heavy (non-hydrogen) atoms. The first-order chi connectivity index (χ1) is 11.4. The van der Waals surface area contributed by atoms with Gasteiger partial charge in [-0.2, -0.15) is 0 Å². The van der Waals surface area contributed by atoms with Gasteiger partial charge in [0.1, 0.15) is 11.4 Å². The van der Waals surface area contributed by atoms with Crippen LogP contribution in [0.5, 0.6) is 5.75 Å². The molecule has 0 aromatic heterocycles. The minimum Gasteiger partial charge on any atom is -0.506 e. The van der Waals surface area contributed by atoms with Gasteiger partial charge in [0.05, 0.1) is 10.2 Å². The molecule has 1 N–H and O–H groups in total. The molecular weight excluding hydrogens is 456 g/mol. The molecule has 0 spiro atoms. The lowest BCUT2D eigenvalue weighted by Crippen LogP contribution is -2.30. The third-order valence-corrected chi connectivity index (χ3v) is 5.14. The van der Waals surface area contributed by atoms with E-state index in [1.807, 2.05) is 30.3 Å². The van der Waals surface area contributed by atoms with Gasteiger partial charge >= 0.3 is 0 Å². The second-order valence-corrected chi connectivity index (χ2v) is 7.31. The van der Waals surface area contributed by atoms with E-state index in [0.29, 0.717) is 26.5 Å². The van der Waals surface area contributed by atoms with Crippen molar-refractivity contribution in [1.29, 1.82) is 0 Å². The highest BCUT2D eigenvalue weighted by molar-refractivity contribution is 9.11. The van der Waals surface area contributed by atoms with Crippen molar-refractivity contribution in [1.82, 2.24) is 4.90 Å². The second-order valence-electron chi connectivity index (χ2n) is 5.17. The van der Waals surface area contributed by atoms with Crippen LogP contribution in [0.15, 0.2) is 57.1 Å². The summed E-state index contributed by atoms with van der Waals surface area (Å²) in [4.78, 5) is 16.0. The fourth-order valence-electron chi connectivity index (χ4n) is 2.40. The van der Waals surface area contributed by atoms with E-state index in [1.165, 1.54) is 4.90 Å². The molecule has 3 rings (SSSR count). The number of rotatable bonds is 2. The van der Waals surface area contributed by atoms with Crippen molar-refractivity contribution in [2.24, 2.45) is 0 Å². The Morgan fingerprint density at radius 2 is 1.83 bits per heavy atom. The number of carbonyl (C=O) groups is 1. The van der Waals surface area contributed by atoms with Crippen molar-refractivity contribution in [3.63, 3.8) is 0 Å². The number of anilines is 1. The fraction of sp³-hybridized carbons (Fsp3) is 0.0588. The summed E-state index contributed by atoms with van der Waals surface area (Å²) in [5.41, 5.74) is 1.62. The molecule has 1 saturated heterocycles. The van der Waals surface area contributed by atoms with E-state index in [4.69, 9.17) is 12.2 Å². The Morgan fingerprint density at radius 3 is 2.50 bits per heavy atom. The van der Waals surface area contributed by atoms with Gasteiger partial charge in [-0.05, 0) is 58.5 Å². The molecule has 122 valence electrons. The summed E-state index contributed by atoms with van der Waals surface area (Å²) in [7, 11) is 1.74. The van der Waals surface area contributed by atoms with Gasteiger partial charge in [0, 0.05) is 17.1 Å². The summed E-state index contributed by atoms with van der Waals surface area (Å²) in [6.45, 7) is 0. The van der Waals surface area contributed by atoms with Crippen LogP contribution in [0.1, 0.15) is 5.56 Å². The van der Waals surface area contributed by atoms with E-state index in [2.05, 4.69) is 31.9 Å². The highest BCUT2D eigenvalue weighted by atomic mass is 79.9. The smallest absolute Gasteiger partial charge is 0.281 e. The van der Waals surface area contributed by atoms with Crippen LogP contribution in [0.4, 0.5) is 5.69 Å². The number of likely N-dealkylation sites (N-methyl/N-ethyl adjacent to an activating group) is 1. The zero-order valence-corrected chi connectivity index (χ0v) is 16.5. The van der Waals surface area contributed by atoms with Crippen LogP contribution in [0.3, 0.4) is 0 Å². The van der Waals surface area contributed by atoms with Crippen LogP contribution in [-0.4, -0.2) is 28.1 Å². The summed E-state index contributed by atoms with van der Waals surface area (Å²) in [5.74, 6) is -0.167. The second kappa shape index (κ2) is 6.66. The lowest BCUT2D eigenvalue weighted by atomic mass is 10.1. The number of halogens is 2. The van der Waals surface area contributed by atoms with Crippen molar-refractivity contribution in [3.05, 3.63) is 62.7 Å². The van der Waals surface area contributed by atoms with E-state index in [0.717, 1.165) is 4.47 Å². The minimum absolute atomic E-state index is 0.0657. The SMILES string of the molecule is CN1C(=S)N(c2ccccc2)C(=O)/C1=C/c1cc(Br)cc(Br)c1O. The van der Waals surface area contributed by atoms with E-state index in [1.54, 1.807) is 30.2 Å². The zero-order valence-electron chi connectivity index (χ0n) is 12.5. The largest absolute Gasteiger partial charge is 0.506 e. The highest BCUT2D eigenvalue weighted by Gasteiger charge is 2.36. The molecule has 1 aliphatic heterocycles. The predicted octanol–water partition coefficient (Wildman–Crippen LogP) is 4.52. The Balaban J connectivity index is 2.07. The number of phenols is 1. The third-order valence-electron chi connectivity index (χ3n) is 3.63. The summed E-state index contributed by atoms with van der Waals surface area (Å²) in [6.07, 6.45) is 1.63. The van der Waals surface area contributed by atoms with Crippen LogP contribution >= 0.6 is 44.1 Å². The quantitative estimate of drug-likeness (QED) is 0.520. The summed E-state index contributed by atoms with van der Waals surface area (Å²) in [5, 5.41) is 10.6. The van der Waals surface area contributed by atoms with Crippen molar-refractivity contribution in [3.8, 4) is 5.75 Å². The number of hydrogen-bond donors (Lipinski definition) is 1. The standard InChI is InChI=1S/C17H12Br2N2O2S/c1-20-14(8-10-7-11(18)9-13(19)15(10)22)16(23)21(17(20)24)12-5-3-2-4-6-12/h2-9,22H,1H3/b14-8-. The van der Waals surface area contributed by atoms with Crippen LogP contribution in [0.2, 0.25) is 0 Å². The van der Waals surface area contributed by atoms with E-state index >= 15 is 0 Å². The van der Waals surface area contributed by atoms with Gasteiger partial charge in [0.25, 0.3) is 5.91 Å². The monoisotopic (exact) mass is 466 g/mol. The Kier molecular flexibility index (Phi) is 4.76. The van der Waals surface area contributed by atoms with E-state index in [9.17, 15) is 9.90 Å². The molecule has 1 fully saturated rings. The number of aromatic hydroxyl groups is 1. The molecule has 7 heteroatoms. The lowest BCUT2D eigenvalue weighted by Gasteiger charge is -2.16. The van der Waals surface area contributed by atoms with Gasteiger partial charge < -0.3 is 10.0 Å². The molecule has 0 unspecified atom stereocenters. The number of para-hydroxylation sites is 1. The van der Waals surface area contributed by atoms with E-state index in [-0.39, 0.29) is 11.7 Å². The highest BCUT2D eigenvalue weighted by Crippen LogP contribution is 2.35. The number of carbonyl (C=O) groups excluding carboxylic acids is 1. The Bertz CT molecular complexity index is 868. The van der Waals surface area contributed by atoms with Gasteiger partial charge in [-0.25, -0.2) is 0 Å². The molecule has 4 nitrogen and oxygen atoms in total. The molecule has 2 aromatic rings. The van der Waals surface area contributed by atoms with Crippen molar-refractivity contribution in [2.75, 3.05) is 11.9 Å². The number of nitrogens with zero attached hydrogens (tertiary/aromatic N) is 2. The minimum atomic E-state index is -0.232. The zero-order chi connectivity index (χ0) is 17.4. The maximum Gasteiger partial charge on any atom is 0.281 e. The molecule has 2 aromatic carbocycles.